The number of carbonyl (C=O) groups is 2. The molecule has 2 N–H and O–H groups in total. The lowest BCUT2D eigenvalue weighted by molar-refractivity contribution is -0.118. The van der Waals surface area contributed by atoms with Crippen molar-refractivity contribution in [2.45, 2.75) is 0 Å². The third-order valence-electron chi connectivity index (χ3n) is 7.50. The fraction of sp³-hybridized carbons (Fsp3) is 0.375. The number of anilines is 3. The monoisotopic (exact) mass is 573 g/mol. The molecule has 2 aliphatic heterocycles. The second kappa shape index (κ2) is 14.6. The maximum Gasteiger partial charge on any atom is 0.262 e. The summed E-state index contributed by atoms with van der Waals surface area (Å²) in [6.07, 6.45) is 0. The molecule has 0 aromatic heterocycles. The second-order valence-electron chi connectivity index (χ2n) is 10.2. The molecule has 2 fully saturated rings. The van der Waals surface area contributed by atoms with Crippen LogP contribution in [0.25, 0.3) is 0 Å². The zero-order chi connectivity index (χ0) is 29.1. The van der Waals surface area contributed by atoms with Crippen molar-refractivity contribution in [3.63, 3.8) is 0 Å². The van der Waals surface area contributed by atoms with E-state index in [0.29, 0.717) is 36.8 Å². The van der Waals surface area contributed by atoms with Gasteiger partial charge in [0.1, 0.15) is 11.5 Å². The first-order valence-electron chi connectivity index (χ1n) is 14.4. The number of hydrogen-bond donors (Lipinski definition) is 2. The zero-order valence-electron chi connectivity index (χ0n) is 24.1. The van der Waals surface area contributed by atoms with E-state index in [0.717, 1.165) is 62.9 Å². The Morgan fingerprint density at radius 2 is 1.52 bits per heavy atom. The summed E-state index contributed by atoms with van der Waals surface area (Å²) in [7, 11) is 1.69. The molecule has 2 heterocycles. The highest BCUT2D eigenvalue weighted by atomic mass is 16.5. The molecule has 0 bridgehead atoms. The maximum atomic E-state index is 13.5. The average molecular weight is 574 g/mol. The first-order valence-corrected chi connectivity index (χ1v) is 14.4. The lowest BCUT2D eigenvalue weighted by Crippen LogP contribution is -2.47. The molecule has 0 atom stereocenters. The summed E-state index contributed by atoms with van der Waals surface area (Å²) in [6, 6.07) is 22.7. The Morgan fingerprint density at radius 3 is 2.26 bits per heavy atom. The highest BCUT2D eigenvalue weighted by Gasteiger charge is 2.24. The normalized spacial score (nSPS) is 15.6. The van der Waals surface area contributed by atoms with Crippen LogP contribution in [0.5, 0.6) is 11.5 Å². The molecule has 2 amide bonds. The number of amides is 2. The van der Waals surface area contributed by atoms with E-state index in [1.54, 1.807) is 25.3 Å². The third kappa shape index (κ3) is 7.71. The number of piperazine rings is 1. The van der Waals surface area contributed by atoms with Crippen LogP contribution in [0.15, 0.2) is 72.8 Å². The number of rotatable bonds is 11. The average Bonchev–Trinajstić information content (AvgIpc) is 3.05. The number of morpholine rings is 1. The summed E-state index contributed by atoms with van der Waals surface area (Å²) in [5, 5.41) is 5.97. The summed E-state index contributed by atoms with van der Waals surface area (Å²) in [5.74, 6) is 1.01. The van der Waals surface area contributed by atoms with Gasteiger partial charge in [0.15, 0.2) is 6.61 Å². The smallest absolute Gasteiger partial charge is 0.262 e. The number of para-hydroxylation sites is 3. The van der Waals surface area contributed by atoms with Crippen molar-refractivity contribution in [1.29, 1.82) is 0 Å². The Kier molecular flexibility index (Phi) is 10.1. The molecule has 0 spiro atoms. The standard InChI is InChI=1S/C32H39N5O5/c1-40-30-10-6-5-9-29(30)37-17-15-36(16-18-37)28-12-11-25(34-31(38)24-42-26-7-3-2-4-8-26)23-27(28)32(39)33-13-14-35-19-21-41-22-20-35/h2-12,23H,13-22,24H2,1H3,(H,33,39)(H,34,38). The topological polar surface area (TPSA) is 95.6 Å². The first kappa shape index (κ1) is 29.2. The fourth-order valence-corrected chi connectivity index (χ4v) is 5.26. The van der Waals surface area contributed by atoms with Crippen molar-refractivity contribution < 1.29 is 23.8 Å². The van der Waals surface area contributed by atoms with Crippen molar-refractivity contribution in [2.24, 2.45) is 0 Å². The number of carbonyl (C=O) groups excluding carboxylic acids is 2. The summed E-state index contributed by atoms with van der Waals surface area (Å²) in [4.78, 5) is 33.0. The second-order valence-corrected chi connectivity index (χ2v) is 10.2. The minimum atomic E-state index is -0.296. The Bertz CT molecular complexity index is 1320. The molecule has 3 aromatic carbocycles. The van der Waals surface area contributed by atoms with Crippen LogP contribution in [0, 0.1) is 0 Å². The Balaban J connectivity index is 1.27. The summed E-state index contributed by atoms with van der Waals surface area (Å²) >= 11 is 0. The zero-order valence-corrected chi connectivity index (χ0v) is 24.1. The first-order chi connectivity index (χ1) is 20.6. The predicted octanol–water partition coefficient (Wildman–Crippen LogP) is 3.10. The van der Waals surface area contributed by atoms with Crippen molar-refractivity contribution in [3.8, 4) is 11.5 Å². The van der Waals surface area contributed by atoms with Gasteiger partial charge in [-0.1, -0.05) is 30.3 Å². The van der Waals surface area contributed by atoms with Crippen LogP contribution in [0.2, 0.25) is 0 Å². The van der Waals surface area contributed by atoms with Crippen LogP contribution in [0.3, 0.4) is 0 Å². The quantitative estimate of drug-likeness (QED) is 0.362. The number of benzene rings is 3. The molecule has 0 unspecified atom stereocenters. The Hall–Kier alpha value is -4.28. The van der Waals surface area contributed by atoms with Crippen LogP contribution >= 0.6 is 0 Å². The summed E-state index contributed by atoms with van der Waals surface area (Å²) < 4.78 is 16.6. The molecule has 222 valence electrons. The van der Waals surface area contributed by atoms with Gasteiger partial charge in [-0.25, -0.2) is 0 Å². The van der Waals surface area contributed by atoms with Crippen molar-refractivity contribution in [3.05, 3.63) is 78.4 Å². The Morgan fingerprint density at radius 1 is 0.833 bits per heavy atom. The molecule has 5 rings (SSSR count). The van der Waals surface area contributed by atoms with E-state index >= 15 is 0 Å². The molecule has 0 aliphatic carbocycles. The van der Waals surface area contributed by atoms with Crippen LogP contribution in [0.4, 0.5) is 17.1 Å². The van der Waals surface area contributed by atoms with Crippen LogP contribution in [0.1, 0.15) is 10.4 Å². The highest BCUT2D eigenvalue weighted by molar-refractivity contribution is 6.02. The van der Waals surface area contributed by atoms with E-state index < -0.39 is 0 Å². The summed E-state index contributed by atoms with van der Waals surface area (Å²) in [6.45, 7) is 7.37. The largest absolute Gasteiger partial charge is 0.495 e. The van der Waals surface area contributed by atoms with Crippen molar-refractivity contribution in [2.75, 3.05) is 94.4 Å². The van der Waals surface area contributed by atoms with Gasteiger partial charge in [-0.3, -0.25) is 14.5 Å². The van der Waals surface area contributed by atoms with Gasteiger partial charge in [0.2, 0.25) is 0 Å². The highest BCUT2D eigenvalue weighted by Crippen LogP contribution is 2.31. The van der Waals surface area contributed by atoms with Crippen molar-refractivity contribution in [1.82, 2.24) is 10.2 Å². The number of methoxy groups -OCH3 is 1. The van der Waals surface area contributed by atoms with Gasteiger partial charge in [-0.2, -0.15) is 0 Å². The van der Waals surface area contributed by atoms with Gasteiger partial charge in [0.25, 0.3) is 11.8 Å². The lowest BCUT2D eigenvalue weighted by atomic mass is 10.1. The van der Waals surface area contributed by atoms with Gasteiger partial charge in [0, 0.05) is 63.7 Å². The predicted molar refractivity (Wildman–Crippen MR) is 164 cm³/mol. The molecule has 10 heteroatoms. The van der Waals surface area contributed by atoms with E-state index in [2.05, 4.69) is 31.4 Å². The van der Waals surface area contributed by atoms with Gasteiger partial charge >= 0.3 is 0 Å². The molecular formula is C32H39N5O5. The SMILES string of the molecule is COc1ccccc1N1CCN(c2ccc(NC(=O)COc3ccccc3)cc2C(=O)NCCN2CCOCC2)CC1. The molecule has 0 saturated carbocycles. The minimum absolute atomic E-state index is 0.127. The number of nitrogens with one attached hydrogen (secondary N) is 2. The molecular weight excluding hydrogens is 534 g/mol. The van der Waals surface area contributed by atoms with E-state index in [1.807, 2.05) is 48.5 Å². The number of nitrogens with zero attached hydrogens (tertiary/aromatic N) is 3. The summed E-state index contributed by atoms with van der Waals surface area (Å²) in [5.41, 5.74) is 2.99. The molecule has 10 nitrogen and oxygen atoms in total. The van der Waals surface area contributed by atoms with Crippen LogP contribution in [-0.4, -0.2) is 96.0 Å². The van der Waals surface area contributed by atoms with Crippen LogP contribution in [-0.2, 0) is 9.53 Å². The van der Waals surface area contributed by atoms with Gasteiger partial charge in [-0.05, 0) is 42.5 Å². The molecule has 2 saturated heterocycles. The molecule has 0 radical (unpaired) electrons. The number of hydrogen-bond acceptors (Lipinski definition) is 8. The maximum absolute atomic E-state index is 13.5. The van der Waals surface area contributed by atoms with Gasteiger partial charge < -0.3 is 34.6 Å². The molecule has 3 aromatic rings. The molecule has 2 aliphatic rings. The van der Waals surface area contributed by atoms with Gasteiger partial charge in [-0.15, -0.1) is 0 Å². The lowest BCUT2D eigenvalue weighted by Gasteiger charge is -2.38. The van der Waals surface area contributed by atoms with E-state index in [-0.39, 0.29) is 18.4 Å². The van der Waals surface area contributed by atoms with E-state index in [9.17, 15) is 9.59 Å². The molecule has 42 heavy (non-hydrogen) atoms. The van der Waals surface area contributed by atoms with Crippen LogP contribution < -0.4 is 29.9 Å². The number of ether oxygens (including phenoxy) is 3. The Labute approximate surface area is 247 Å². The van der Waals surface area contributed by atoms with E-state index in [4.69, 9.17) is 14.2 Å². The van der Waals surface area contributed by atoms with E-state index in [1.165, 1.54) is 0 Å². The fourth-order valence-electron chi connectivity index (χ4n) is 5.26. The van der Waals surface area contributed by atoms with Gasteiger partial charge in [0.05, 0.1) is 31.6 Å². The third-order valence-corrected chi connectivity index (χ3v) is 7.50. The van der Waals surface area contributed by atoms with Crippen molar-refractivity contribution >= 4 is 28.9 Å². The minimum Gasteiger partial charge on any atom is -0.495 e.